The monoisotopic (exact) mass is 348 g/mol. The van der Waals surface area contributed by atoms with Crippen LogP contribution in [0.2, 0.25) is 0 Å². The molecule has 0 radical (unpaired) electrons. The molecule has 2 rings (SSSR count). The van der Waals surface area contributed by atoms with Gasteiger partial charge in [-0.3, -0.25) is 4.55 Å². The fraction of sp³-hybridized carbons (Fsp3) is 0.500. The van der Waals surface area contributed by atoms with Crippen LogP contribution in [0.3, 0.4) is 0 Å². The Balaban J connectivity index is 2.02. The lowest BCUT2D eigenvalue weighted by molar-refractivity contribution is 0.482. The Morgan fingerprint density at radius 1 is 0.833 bits per heavy atom. The van der Waals surface area contributed by atoms with E-state index >= 15 is 0 Å². The van der Waals surface area contributed by atoms with Gasteiger partial charge in [0, 0.05) is 0 Å². The van der Waals surface area contributed by atoms with Gasteiger partial charge in [-0.1, -0.05) is 82.2 Å². The van der Waals surface area contributed by atoms with Gasteiger partial charge in [-0.2, -0.15) is 8.42 Å². The Kier molecular flexibility index (Phi) is 7.25. The van der Waals surface area contributed by atoms with Crippen molar-refractivity contribution in [1.29, 1.82) is 0 Å². The number of aryl methyl sites for hydroxylation is 1. The molecule has 132 valence electrons. The molecule has 0 amide bonds. The molecule has 0 heterocycles. The minimum Gasteiger partial charge on any atom is -0.282 e. The summed E-state index contributed by atoms with van der Waals surface area (Å²) in [6.45, 7) is 2.22. The fourth-order valence-electron chi connectivity index (χ4n) is 3.25. The minimum absolute atomic E-state index is 0.0594. The number of hydrogen-bond acceptors (Lipinski definition) is 2. The first-order valence-electron chi connectivity index (χ1n) is 9.02. The van der Waals surface area contributed by atoms with Crippen molar-refractivity contribution >= 4 is 20.9 Å². The maximum atomic E-state index is 11.7. The van der Waals surface area contributed by atoms with Gasteiger partial charge in [-0.25, -0.2) is 0 Å². The lowest BCUT2D eigenvalue weighted by Gasteiger charge is -2.11. The van der Waals surface area contributed by atoms with Crippen LogP contribution < -0.4 is 0 Å². The zero-order valence-electron chi connectivity index (χ0n) is 14.5. The van der Waals surface area contributed by atoms with Gasteiger partial charge in [0.2, 0.25) is 0 Å². The lowest BCUT2D eigenvalue weighted by Crippen LogP contribution is -2.04. The van der Waals surface area contributed by atoms with Crippen LogP contribution in [0.25, 0.3) is 10.8 Å². The third kappa shape index (κ3) is 5.32. The van der Waals surface area contributed by atoms with Gasteiger partial charge < -0.3 is 0 Å². The Hall–Kier alpha value is -1.39. The summed E-state index contributed by atoms with van der Waals surface area (Å²) in [7, 11) is -4.18. The van der Waals surface area contributed by atoms with E-state index in [0.717, 1.165) is 29.2 Å². The molecule has 0 bridgehead atoms. The molecule has 0 aliphatic rings. The van der Waals surface area contributed by atoms with Crippen molar-refractivity contribution in [3.05, 3.63) is 42.0 Å². The quantitative estimate of drug-likeness (QED) is 0.438. The normalized spacial score (nSPS) is 11.9. The van der Waals surface area contributed by atoms with Crippen molar-refractivity contribution in [2.75, 3.05) is 0 Å². The van der Waals surface area contributed by atoms with Crippen LogP contribution in [-0.2, 0) is 16.5 Å². The van der Waals surface area contributed by atoms with Gasteiger partial charge in [0.25, 0.3) is 10.1 Å². The van der Waals surface area contributed by atoms with Gasteiger partial charge >= 0.3 is 0 Å². The highest BCUT2D eigenvalue weighted by Crippen LogP contribution is 2.27. The van der Waals surface area contributed by atoms with Gasteiger partial charge in [0.05, 0.1) is 4.90 Å². The van der Waals surface area contributed by atoms with E-state index in [0.29, 0.717) is 6.42 Å². The highest BCUT2D eigenvalue weighted by molar-refractivity contribution is 7.85. The van der Waals surface area contributed by atoms with Crippen LogP contribution >= 0.6 is 0 Å². The van der Waals surface area contributed by atoms with Crippen LogP contribution in [0, 0.1) is 0 Å². The highest BCUT2D eigenvalue weighted by Gasteiger charge is 2.17. The average Bonchev–Trinajstić information content (AvgIpc) is 2.56. The van der Waals surface area contributed by atoms with Crippen molar-refractivity contribution < 1.29 is 13.0 Å². The number of hydrogen-bond donors (Lipinski definition) is 1. The molecule has 0 aliphatic heterocycles. The molecule has 2 aromatic carbocycles. The maximum absolute atomic E-state index is 11.7. The van der Waals surface area contributed by atoms with E-state index in [-0.39, 0.29) is 4.90 Å². The zero-order valence-corrected chi connectivity index (χ0v) is 15.3. The molecule has 1 N–H and O–H groups in total. The summed E-state index contributed by atoms with van der Waals surface area (Å²) in [5.41, 5.74) is 0.751. The summed E-state index contributed by atoms with van der Waals surface area (Å²) in [5.74, 6) is 0. The second-order valence-electron chi connectivity index (χ2n) is 6.46. The van der Waals surface area contributed by atoms with Gasteiger partial charge in [-0.15, -0.1) is 0 Å². The largest absolute Gasteiger partial charge is 0.294 e. The van der Waals surface area contributed by atoms with Crippen LogP contribution in [0.5, 0.6) is 0 Å². The Labute approximate surface area is 145 Å². The highest BCUT2D eigenvalue weighted by atomic mass is 32.2. The smallest absolute Gasteiger partial charge is 0.282 e. The van der Waals surface area contributed by atoms with E-state index < -0.39 is 10.1 Å². The predicted octanol–water partition coefficient (Wildman–Crippen LogP) is 5.77. The van der Waals surface area contributed by atoms with E-state index in [1.165, 1.54) is 44.6 Å². The molecule has 2 aromatic rings. The van der Waals surface area contributed by atoms with Gasteiger partial charge in [0.15, 0.2) is 0 Å². The zero-order chi connectivity index (χ0) is 17.4. The summed E-state index contributed by atoms with van der Waals surface area (Å²) in [4.78, 5) is 0.0594. The van der Waals surface area contributed by atoms with Crippen molar-refractivity contribution in [3.8, 4) is 0 Å². The maximum Gasteiger partial charge on any atom is 0.294 e. The van der Waals surface area contributed by atoms with Crippen LogP contribution in [-0.4, -0.2) is 13.0 Å². The lowest BCUT2D eigenvalue weighted by atomic mass is 9.99. The van der Waals surface area contributed by atoms with Crippen LogP contribution in [0.1, 0.15) is 63.9 Å². The van der Waals surface area contributed by atoms with Crippen LogP contribution in [0.15, 0.2) is 41.3 Å². The molecule has 0 unspecified atom stereocenters. The van der Waals surface area contributed by atoms with Gasteiger partial charge in [0.1, 0.15) is 0 Å². The Bertz CT molecular complexity index is 751. The molecule has 3 nitrogen and oxygen atoms in total. The molecule has 0 saturated heterocycles. The number of unbranched alkanes of at least 4 members (excludes halogenated alkanes) is 7. The van der Waals surface area contributed by atoms with E-state index in [4.69, 9.17) is 0 Å². The van der Waals surface area contributed by atoms with E-state index in [1.807, 2.05) is 24.3 Å². The molecule has 0 atom stereocenters. The summed E-state index contributed by atoms with van der Waals surface area (Å²) >= 11 is 0. The summed E-state index contributed by atoms with van der Waals surface area (Å²) in [5, 5.41) is 1.94. The first-order chi connectivity index (χ1) is 11.5. The number of rotatable bonds is 10. The van der Waals surface area contributed by atoms with Crippen LogP contribution in [0.4, 0.5) is 0 Å². The molecule has 0 saturated carbocycles. The van der Waals surface area contributed by atoms with E-state index in [2.05, 4.69) is 6.92 Å². The molecule has 0 aromatic heterocycles. The van der Waals surface area contributed by atoms with Crippen molar-refractivity contribution in [1.82, 2.24) is 0 Å². The first-order valence-corrected chi connectivity index (χ1v) is 10.5. The molecule has 0 fully saturated rings. The predicted molar refractivity (Wildman–Crippen MR) is 100 cm³/mol. The first kappa shape index (κ1) is 18.9. The standard InChI is InChI=1S/C20H28O3S/c1-2-3-4-5-6-7-8-9-14-19-18-13-11-10-12-17(18)15-16-20(19)24(21,22)23/h10-13,15-16H,2-9,14H2,1H3,(H,21,22,23). The van der Waals surface area contributed by atoms with Crippen molar-refractivity contribution in [2.45, 2.75) is 69.6 Å². The molecule has 24 heavy (non-hydrogen) atoms. The minimum atomic E-state index is -4.18. The molecule has 0 aliphatic carbocycles. The van der Waals surface area contributed by atoms with Gasteiger partial charge in [-0.05, 0) is 35.2 Å². The second-order valence-corrected chi connectivity index (χ2v) is 7.85. The van der Waals surface area contributed by atoms with Crippen molar-refractivity contribution in [2.24, 2.45) is 0 Å². The Morgan fingerprint density at radius 2 is 1.46 bits per heavy atom. The third-order valence-electron chi connectivity index (χ3n) is 4.56. The third-order valence-corrected chi connectivity index (χ3v) is 5.49. The average molecular weight is 349 g/mol. The Morgan fingerprint density at radius 3 is 2.12 bits per heavy atom. The summed E-state index contributed by atoms with van der Waals surface area (Å²) in [6.07, 6.45) is 10.4. The van der Waals surface area contributed by atoms with E-state index in [9.17, 15) is 13.0 Å². The van der Waals surface area contributed by atoms with Crippen molar-refractivity contribution in [3.63, 3.8) is 0 Å². The molecular formula is C20H28O3S. The topological polar surface area (TPSA) is 54.4 Å². The molecule has 0 spiro atoms. The number of benzene rings is 2. The number of fused-ring (bicyclic) bond motifs is 1. The fourth-order valence-corrected chi connectivity index (χ4v) is 4.01. The summed E-state index contributed by atoms with van der Waals surface area (Å²) < 4.78 is 32.9. The SMILES string of the molecule is CCCCCCCCCCc1c(S(=O)(=O)O)ccc2ccccc12. The second kappa shape index (κ2) is 9.19. The molecular weight excluding hydrogens is 320 g/mol. The van der Waals surface area contributed by atoms with E-state index in [1.54, 1.807) is 6.07 Å². The summed E-state index contributed by atoms with van der Waals surface area (Å²) in [6, 6.07) is 11.0. The molecule has 4 heteroatoms.